The van der Waals surface area contributed by atoms with E-state index in [1.54, 1.807) is 40.0 Å². The van der Waals surface area contributed by atoms with Gasteiger partial charge in [-0.3, -0.25) is 4.98 Å². The molecule has 128 valence electrons. The van der Waals surface area contributed by atoms with Crippen LogP contribution in [0, 0.1) is 6.92 Å². The summed E-state index contributed by atoms with van der Waals surface area (Å²) in [6.45, 7) is 6.79. The molecule has 1 aromatic rings. The summed E-state index contributed by atoms with van der Waals surface area (Å²) in [5, 5.41) is 12.8. The molecule has 0 radical (unpaired) electrons. The van der Waals surface area contributed by atoms with E-state index in [0.29, 0.717) is 11.1 Å². The fraction of sp³-hybridized carbons (Fsp3) is 0.533. The molecule has 0 aliphatic rings. The van der Waals surface area contributed by atoms with Crippen molar-refractivity contribution < 1.29 is 24.2 Å². The number of ether oxygens (including phenoxy) is 2. The van der Waals surface area contributed by atoms with Crippen molar-refractivity contribution in [3.63, 3.8) is 0 Å². The zero-order valence-electron chi connectivity index (χ0n) is 13.5. The van der Waals surface area contributed by atoms with E-state index in [1.165, 1.54) is 6.20 Å². The summed E-state index contributed by atoms with van der Waals surface area (Å²) < 4.78 is 9.79. The lowest BCUT2D eigenvalue weighted by atomic mass is 10.00. The maximum Gasteiger partial charge on any atom is 0.408 e. The molecule has 7 nitrogen and oxygen atoms in total. The molecular weight excluding hydrogens is 324 g/mol. The molecule has 0 aromatic carbocycles. The topological polar surface area (TPSA) is 97.8 Å². The minimum absolute atomic E-state index is 0.389. The van der Waals surface area contributed by atoms with Crippen molar-refractivity contribution in [1.82, 2.24) is 10.3 Å². The molecule has 2 unspecified atom stereocenters. The van der Waals surface area contributed by atoms with Crippen LogP contribution in [0.15, 0.2) is 18.5 Å². The number of amides is 1. The van der Waals surface area contributed by atoms with E-state index < -0.39 is 35.9 Å². The second-order valence-electron chi connectivity index (χ2n) is 5.87. The Hall–Kier alpha value is -1.86. The summed E-state index contributed by atoms with van der Waals surface area (Å²) in [6.07, 6.45) is 0.762. The standard InChI is InChI=1S/C15H21ClN2O5/c1-9-5-6-17-7-10(9)12(19)11(13(20)22-8-16)18-14(21)23-15(2,3)4/h5-7,11-12,19H,8H2,1-4H3,(H,18,21). The highest BCUT2D eigenvalue weighted by atomic mass is 35.5. The molecular formula is C15H21ClN2O5. The van der Waals surface area contributed by atoms with E-state index in [1.807, 2.05) is 0 Å². The molecule has 0 fully saturated rings. The first kappa shape index (κ1) is 19.2. The Morgan fingerprint density at radius 2 is 2.09 bits per heavy atom. The lowest BCUT2D eigenvalue weighted by molar-refractivity contribution is -0.147. The molecule has 2 N–H and O–H groups in total. The Bertz CT molecular complexity index is 559. The number of pyridine rings is 1. The molecule has 1 heterocycles. The molecule has 2 atom stereocenters. The van der Waals surface area contributed by atoms with Crippen LogP contribution in [0.3, 0.4) is 0 Å². The largest absolute Gasteiger partial charge is 0.448 e. The first-order valence-electron chi connectivity index (χ1n) is 6.96. The number of esters is 1. The molecule has 0 aliphatic heterocycles. The number of alkyl carbamates (subject to hydrolysis) is 1. The number of rotatable bonds is 5. The third-order valence-electron chi connectivity index (χ3n) is 2.84. The Labute approximate surface area is 139 Å². The summed E-state index contributed by atoms with van der Waals surface area (Å²) in [5.41, 5.74) is 0.349. The quantitative estimate of drug-likeness (QED) is 0.626. The molecule has 0 bridgehead atoms. The van der Waals surface area contributed by atoms with Crippen LogP contribution in [0.5, 0.6) is 0 Å². The van der Waals surface area contributed by atoms with Crippen molar-refractivity contribution in [1.29, 1.82) is 0 Å². The fourth-order valence-electron chi connectivity index (χ4n) is 1.81. The number of hydrogen-bond donors (Lipinski definition) is 2. The number of carbonyl (C=O) groups excluding carboxylic acids is 2. The highest BCUT2D eigenvalue weighted by Crippen LogP contribution is 2.21. The van der Waals surface area contributed by atoms with E-state index in [4.69, 9.17) is 21.1 Å². The Morgan fingerprint density at radius 1 is 1.43 bits per heavy atom. The van der Waals surface area contributed by atoms with E-state index in [2.05, 4.69) is 10.3 Å². The third-order valence-corrected chi connectivity index (χ3v) is 2.95. The molecule has 1 amide bonds. The average molecular weight is 345 g/mol. The van der Waals surface area contributed by atoms with Gasteiger partial charge in [-0.1, -0.05) is 11.6 Å². The molecule has 1 rings (SSSR count). The van der Waals surface area contributed by atoms with Crippen LogP contribution in [0.2, 0.25) is 0 Å². The van der Waals surface area contributed by atoms with Crippen molar-refractivity contribution in [2.75, 3.05) is 6.07 Å². The molecule has 0 saturated heterocycles. The molecule has 0 aliphatic carbocycles. The molecule has 23 heavy (non-hydrogen) atoms. The van der Waals surface area contributed by atoms with Crippen LogP contribution < -0.4 is 5.32 Å². The highest BCUT2D eigenvalue weighted by Gasteiger charge is 2.33. The van der Waals surface area contributed by atoms with Crippen LogP contribution in [-0.2, 0) is 14.3 Å². The second-order valence-corrected chi connectivity index (χ2v) is 6.09. The van der Waals surface area contributed by atoms with Gasteiger partial charge in [0.25, 0.3) is 0 Å². The van der Waals surface area contributed by atoms with Gasteiger partial charge in [0, 0.05) is 18.0 Å². The van der Waals surface area contributed by atoms with Gasteiger partial charge in [-0.15, -0.1) is 0 Å². The maximum atomic E-state index is 12.0. The minimum Gasteiger partial charge on any atom is -0.448 e. The van der Waals surface area contributed by atoms with Crippen molar-refractivity contribution in [2.24, 2.45) is 0 Å². The maximum absolute atomic E-state index is 12.0. The fourth-order valence-corrected chi connectivity index (χ4v) is 1.92. The Balaban J connectivity index is 2.99. The molecule has 0 saturated carbocycles. The van der Waals surface area contributed by atoms with Gasteiger partial charge in [0.05, 0.1) is 0 Å². The first-order valence-corrected chi connectivity index (χ1v) is 7.50. The molecule has 1 aromatic heterocycles. The van der Waals surface area contributed by atoms with Crippen LogP contribution in [0.25, 0.3) is 0 Å². The Kier molecular flexibility index (Phi) is 6.78. The number of hydrogen-bond acceptors (Lipinski definition) is 6. The van der Waals surface area contributed by atoms with Gasteiger partial charge >= 0.3 is 12.1 Å². The Morgan fingerprint density at radius 3 is 2.61 bits per heavy atom. The number of nitrogens with zero attached hydrogens (tertiary/aromatic N) is 1. The smallest absolute Gasteiger partial charge is 0.408 e. The van der Waals surface area contributed by atoms with Crippen molar-refractivity contribution >= 4 is 23.7 Å². The van der Waals surface area contributed by atoms with E-state index in [9.17, 15) is 14.7 Å². The SMILES string of the molecule is Cc1ccncc1C(O)C(NC(=O)OC(C)(C)C)C(=O)OCCl. The average Bonchev–Trinajstić information content (AvgIpc) is 2.43. The summed E-state index contributed by atoms with van der Waals surface area (Å²) in [6, 6.07) is -0.0912. The van der Waals surface area contributed by atoms with Gasteiger partial charge in [0.2, 0.25) is 0 Å². The number of aryl methyl sites for hydroxylation is 1. The van der Waals surface area contributed by atoms with Crippen LogP contribution >= 0.6 is 11.6 Å². The molecule has 0 spiro atoms. The zero-order valence-corrected chi connectivity index (χ0v) is 14.3. The lowest BCUT2D eigenvalue weighted by Crippen LogP contribution is -2.47. The number of carbonyl (C=O) groups is 2. The predicted molar refractivity (Wildman–Crippen MR) is 83.9 cm³/mol. The van der Waals surface area contributed by atoms with Crippen molar-refractivity contribution in [3.8, 4) is 0 Å². The number of halogens is 1. The first-order chi connectivity index (χ1) is 10.7. The predicted octanol–water partition coefficient (Wildman–Crippen LogP) is 2.06. The number of aromatic nitrogens is 1. The van der Waals surface area contributed by atoms with E-state index in [0.717, 1.165) is 0 Å². The number of aliphatic hydroxyl groups is 1. The zero-order chi connectivity index (χ0) is 17.6. The number of nitrogens with one attached hydrogen (secondary N) is 1. The number of aliphatic hydroxyl groups excluding tert-OH is 1. The van der Waals surface area contributed by atoms with Gasteiger partial charge < -0.3 is 19.9 Å². The lowest BCUT2D eigenvalue weighted by Gasteiger charge is -2.26. The van der Waals surface area contributed by atoms with Gasteiger partial charge in [-0.25, -0.2) is 9.59 Å². The van der Waals surface area contributed by atoms with E-state index >= 15 is 0 Å². The highest BCUT2D eigenvalue weighted by molar-refractivity contribution is 6.17. The van der Waals surface area contributed by atoms with Crippen LogP contribution in [0.1, 0.15) is 38.0 Å². The van der Waals surface area contributed by atoms with Gasteiger partial charge in [-0.2, -0.15) is 0 Å². The van der Waals surface area contributed by atoms with Crippen LogP contribution in [-0.4, -0.2) is 39.9 Å². The number of alkyl halides is 1. The third kappa shape index (κ3) is 6.03. The summed E-state index contributed by atoms with van der Waals surface area (Å²) >= 11 is 5.38. The van der Waals surface area contributed by atoms with Crippen molar-refractivity contribution in [3.05, 3.63) is 29.6 Å². The summed E-state index contributed by atoms with van der Waals surface area (Å²) in [4.78, 5) is 27.8. The van der Waals surface area contributed by atoms with E-state index in [-0.39, 0.29) is 0 Å². The van der Waals surface area contributed by atoms with Gasteiger partial charge in [-0.05, 0) is 39.3 Å². The normalized spacial score (nSPS) is 13.8. The van der Waals surface area contributed by atoms with Gasteiger partial charge in [0.15, 0.2) is 12.1 Å². The van der Waals surface area contributed by atoms with Gasteiger partial charge in [0.1, 0.15) is 11.7 Å². The summed E-state index contributed by atoms with van der Waals surface area (Å²) in [7, 11) is 0. The second kappa shape index (κ2) is 8.12. The summed E-state index contributed by atoms with van der Waals surface area (Å²) in [5.74, 6) is -0.874. The van der Waals surface area contributed by atoms with Crippen LogP contribution in [0.4, 0.5) is 4.79 Å². The molecule has 8 heteroatoms. The minimum atomic E-state index is -1.37. The monoisotopic (exact) mass is 344 g/mol. The van der Waals surface area contributed by atoms with Crippen molar-refractivity contribution in [2.45, 2.75) is 45.4 Å².